The molecule has 0 unspecified atom stereocenters. The zero-order valence-electron chi connectivity index (χ0n) is 21.1. The number of anilines is 1. The van der Waals surface area contributed by atoms with Gasteiger partial charge in [-0.25, -0.2) is 4.39 Å². The zero-order chi connectivity index (χ0) is 27.6. The Balaban J connectivity index is 1.47. The summed E-state index contributed by atoms with van der Waals surface area (Å²) in [7, 11) is 1.59. The van der Waals surface area contributed by atoms with Gasteiger partial charge in [0.15, 0.2) is 5.78 Å². The Morgan fingerprint density at radius 2 is 1.38 bits per heavy atom. The number of nitrogens with one attached hydrogen (secondary N) is 2. The van der Waals surface area contributed by atoms with Gasteiger partial charge < -0.3 is 15.4 Å². The smallest absolute Gasteiger partial charge is 0.272 e. The van der Waals surface area contributed by atoms with Crippen molar-refractivity contribution < 1.29 is 23.5 Å². The van der Waals surface area contributed by atoms with Crippen LogP contribution in [0.2, 0.25) is 0 Å². The van der Waals surface area contributed by atoms with Gasteiger partial charge in [0.05, 0.1) is 7.11 Å². The number of allylic oxidation sites excluding steroid dienone is 1. The molecule has 0 saturated heterocycles. The lowest BCUT2D eigenvalue weighted by Crippen LogP contribution is -2.30. The molecule has 0 spiro atoms. The van der Waals surface area contributed by atoms with Crippen LogP contribution in [0.1, 0.15) is 31.8 Å². The molecule has 4 aromatic carbocycles. The third-order valence-electron chi connectivity index (χ3n) is 5.68. The van der Waals surface area contributed by atoms with Gasteiger partial charge in [-0.2, -0.15) is 0 Å². The van der Waals surface area contributed by atoms with Crippen molar-refractivity contribution in [1.82, 2.24) is 5.32 Å². The molecular formula is C32H25FN2O4. The van der Waals surface area contributed by atoms with E-state index in [2.05, 4.69) is 10.6 Å². The molecule has 6 nitrogen and oxygen atoms in total. The second-order valence-corrected chi connectivity index (χ2v) is 8.43. The Morgan fingerprint density at radius 1 is 0.744 bits per heavy atom. The van der Waals surface area contributed by atoms with Gasteiger partial charge in [0.1, 0.15) is 17.3 Å². The summed E-state index contributed by atoms with van der Waals surface area (Å²) in [4.78, 5) is 38.4. The number of hydrogen-bond donors (Lipinski definition) is 2. The van der Waals surface area contributed by atoms with E-state index in [1.165, 1.54) is 36.4 Å². The lowest BCUT2D eigenvalue weighted by Gasteiger charge is -2.12. The summed E-state index contributed by atoms with van der Waals surface area (Å²) in [5.41, 5.74) is 2.59. The molecule has 0 saturated carbocycles. The number of carbonyl (C=O) groups is 3. The predicted molar refractivity (Wildman–Crippen MR) is 150 cm³/mol. The number of benzene rings is 4. The summed E-state index contributed by atoms with van der Waals surface area (Å²) < 4.78 is 18.5. The first-order chi connectivity index (χ1) is 18.9. The van der Waals surface area contributed by atoms with E-state index in [0.717, 1.165) is 11.3 Å². The maximum atomic E-state index is 13.4. The quantitative estimate of drug-likeness (QED) is 0.205. The average Bonchev–Trinajstić information content (AvgIpc) is 2.97. The van der Waals surface area contributed by atoms with Gasteiger partial charge in [-0.3, -0.25) is 14.4 Å². The molecule has 4 rings (SSSR count). The normalized spacial score (nSPS) is 11.2. The van der Waals surface area contributed by atoms with Crippen molar-refractivity contribution in [2.45, 2.75) is 0 Å². The van der Waals surface area contributed by atoms with E-state index in [1.807, 2.05) is 24.3 Å². The van der Waals surface area contributed by atoms with Gasteiger partial charge in [-0.15, -0.1) is 0 Å². The van der Waals surface area contributed by atoms with Gasteiger partial charge in [0.2, 0.25) is 0 Å². The molecule has 7 heteroatoms. The Kier molecular flexibility index (Phi) is 8.77. The third kappa shape index (κ3) is 7.60. The van der Waals surface area contributed by atoms with E-state index in [9.17, 15) is 18.8 Å². The van der Waals surface area contributed by atoms with Crippen LogP contribution < -0.4 is 15.4 Å². The van der Waals surface area contributed by atoms with Gasteiger partial charge in [0, 0.05) is 16.8 Å². The molecule has 0 aliphatic heterocycles. The highest BCUT2D eigenvalue weighted by atomic mass is 19.1. The topological polar surface area (TPSA) is 84.5 Å². The minimum atomic E-state index is -0.581. The highest BCUT2D eigenvalue weighted by Gasteiger charge is 2.15. The number of amides is 2. The molecule has 0 atom stereocenters. The minimum Gasteiger partial charge on any atom is -0.497 e. The van der Waals surface area contributed by atoms with Gasteiger partial charge in [0.25, 0.3) is 11.8 Å². The van der Waals surface area contributed by atoms with Crippen LogP contribution in [0.5, 0.6) is 5.75 Å². The average molecular weight is 521 g/mol. The number of ketones is 1. The summed E-state index contributed by atoms with van der Waals surface area (Å²) in [5, 5.41) is 5.36. The van der Waals surface area contributed by atoms with E-state index in [-0.39, 0.29) is 11.5 Å². The molecule has 2 N–H and O–H groups in total. The number of carbonyl (C=O) groups excluding carboxylic acids is 3. The van der Waals surface area contributed by atoms with Crippen LogP contribution in [-0.4, -0.2) is 24.7 Å². The maximum absolute atomic E-state index is 13.4. The fourth-order valence-electron chi connectivity index (χ4n) is 3.57. The largest absolute Gasteiger partial charge is 0.497 e. The summed E-state index contributed by atoms with van der Waals surface area (Å²) in [6.45, 7) is 0. The number of hydrogen-bond acceptors (Lipinski definition) is 4. The Bertz CT molecular complexity index is 1510. The lowest BCUT2D eigenvalue weighted by molar-refractivity contribution is -0.113. The van der Waals surface area contributed by atoms with Crippen molar-refractivity contribution in [1.29, 1.82) is 0 Å². The van der Waals surface area contributed by atoms with Crippen molar-refractivity contribution in [2.24, 2.45) is 0 Å². The Labute approximate surface area is 225 Å². The van der Waals surface area contributed by atoms with Crippen molar-refractivity contribution in [3.05, 3.63) is 143 Å². The van der Waals surface area contributed by atoms with E-state index in [1.54, 1.807) is 67.8 Å². The number of rotatable bonds is 9. The summed E-state index contributed by atoms with van der Waals surface area (Å²) in [5.74, 6) is -0.937. The molecule has 0 bridgehead atoms. The van der Waals surface area contributed by atoms with E-state index < -0.39 is 17.6 Å². The van der Waals surface area contributed by atoms with Gasteiger partial charge in [-0.1, -0.05) is 48.5 Å². The van der Waals surface area contributed by atoms with Crippen molar-refractivity contribution in [3.63, 3.8) is 0 Å². The molecule has 2 amide bonds. The van der Waals surface area contributed by atoms with E-state index in [0.29, 0.717) is 22.4 Å². The number of halogens is 1. The highest BCUT2D eigenvalue weighted by Crippen LogP contribution is 2.16. The van der Waals surface area contributed by atoms with Crippen LogP contribution in [0.25, 0.3) is 12.2 Å². The van der Waals surface area contributed by atoms with E-state index in [4.69, 9.17) is 4.74 Å². The monoisotopic (exact) mass is 520 g/mol. The predicted octanol–water partition coefficient (Wildman–Crippen LogP) is 6.14. The third-order valence-corrected chi connectivity index (χ3v) is 5.68. The molecule has 0 heterocycles. The van der Waals surface area contributed by atoms with Crippen molar-refractivity contribution in [3.8, 4) is 5.75 Å². The van der Waals surface area contributed by atoms with Crippen LogP contribution in [0.15, 0.2) is 115 Å². The molecule has 194 valence electrons. The molecule has 0 aliphatic carbocycles. The summed E-state index contributed by atoms with van der Waals surface area (Å²) in [6, 6.07) is 27.7. The van der Waals surface area contributed by atoms with Gasteiger partial charge in [-0.05, 0) is 83.9 Å². The molecular weight excluding hydrogens is 495 g/mol. The Hall–Kier alpha value is -5.30. The summed E-state index contributed by atoms with van der Waals surface area (Å²) >= 11 is 0. The molecule has 0 radical (unpaired) electrons. The number of ether oxygens (including phenoxy) is 1. The van der Waals surface area contributed by atoms with Gasteiger partial charge >= 0.3 is 0 Å². The molecule has 0 fully saturated rings. The van der Waals surface area contributed by atoms with E-state index >= 15 is 0 Å². The maximum Gasteiger partial charge on any atom is 0.272 e. The second kappa shape index (κ2) is 12.8. The molecule has 39 heavy (non-hydrogen) atoms. The zero-order valence-corrected chi connectivity index (χ0v) is 21.1. The van der Waals surface area contributed by atoms with Crippen molar-refractivity contribution in [2.75, 3.05) is 12.4 Å². The Morgan fingerprint density at radius 3 is 2.03 bits per heavy atom. The van der Waals surface area contributed by atoms with Crippen LogP contribution in [0, 0.1) is 5.82 Å². The molecule has 0 aromatic heterocycles. The number of methoxy groups -OCH3 is 1. The fourth-order valence-corrected chi connectivity index (χ4v) is 3.57. The first-order valence-corrected chi connectivity index (χ1v) is 12.0. The highest BCUT2D eigenvalue weighted by molar-refractivity contribution is 6.11. The first-order valence-electron chi connectivity index (χ1n) is 12.0. The second-order valence-electron chi connectivity index (χ2n) is 8.43. The minimum absolute atomic E-state index is 0.0296. The van der Waals surface area contributed by atoms with Crippen LogP contribution in [0.4, 0.5) is 10.1 Å². The standard InChI is InChI=1S/C32H25FN2O4/c1-39-28-18-9-22(10-19-28)11-20-30(36)24-12-16-27(17-13-24)34-32(38)29(21-23-7-14-26(33)15-8-23)35-31(37)25-5-3-2-4-6-25/h2-21H,1H3,(H,34,38)(H,35,37)/b20-11+,29-21-. The van der Waals surface area contributed by atoms with Crippen LogP contribution in [0.3, 0.4) is 0 Å². The summed E-state index contributed by atoms with van der Waals surface area (Å²) in [6.07, 6.45) is 4.63. The SMILES string of the molecule is COc1ccc(/C=C/C(=O)c2ccc(NC(=O)/C(=C/c3ccc(F)cc3)NC(=O)c3ccccc3)cc2)cc1. The van der Waals surface area contributed by atoms with Crippen LogP contribution in [-0.2, 0) is 4.79 Å². The van der Waals surface area contributed by atoms with Crippen molar-refractivity contribution >= 4 is 35.4 Å². The van der Waals surface area contributed by atoms with Crippen LogP contribution >= 0.6 is 0 Å². The molecule has 0 aliphatic rings. The lowest BCUT2D eigenvalue weighted by atomic mass is 10.1. The first kappa shape index (κ1) is 26.8. The fraction of sp³-hybridized carbons (Fsp3) is 0.0312. The molecule has 4 aromatic rings.